The molecule has 1 saturated carbocycles. The van der Waals surface area contributed by atoms with Gasteiger partial charge in [-0.2, -0.15) is 0 Å². The molecule has 0 atom stereocenters. The van der Waals surface area contributed by atoms with E-state index < -0.39 is 16.9 Å². The molecule has 16 heavy (non-hydrogen) atoms. The first-order valence-corrected chi connectivity index (χ1v) is 5.53. The Morgan fingerprint density at radius 3 is 2.06 bits per heavy atom. The Bertz CT molecular complexity index is 380. The fourth-order valence-corrected chi connectivity index (χ4v) is 2.08. The minimum atomic E-state index is -2.89. The Morgan fingerprint density at radius 1 is 1.12 bits per heavy atom. The van der Waals surface area contributed by atoms with Crippen molar-refractivity contribution in [3.05, 3.63) is 35.9 Å². The van der Waals surface area contributed by atoms with Crippen molar-refractivity contribution in [3.8, 4) is 0 Å². The summed E-state index contributed by atoms with van der Waals surface area (Å²) in [6, 6.07) is 7.94. The molecule has 2 N–H and O–H groups in total. The molecule has 1 aromatic rings. The topological polar surface area (TPSA) is 26.0 Å². The standard InChI is InChI=1S/C13H17F2N/c1-11(2,12(16)8-9-12)13(14,15)10-6-4-3-5-7-10/h3-7H,8-9,16H2,1-2H3. The zero-order valence-electron chi connectivity index (χ0n) is 9.63. The average Bonchev–Trinajstić information content (AvgIpc) is 2.99. The number of halogens is 2. The van der Waals surface area contributed by atoms with E-state index in [0.29, 0.717) is 12.8 Å². The molecule has 1 aliphatic carbocycles. The van der Waals surface area contributed by atoms with Gasteiger partial charge in [0.1, 0.15) is 0 Å². The summed E-state index contributed by atoms with van der Waals surface area (Å²) < 4.78 is 28.8. The highest BCUT2D eigenvalue weighted by molar-refractivity contribution is 5.26. The Labute approximate surface area is 94.7 Å². The third-order valence-corrected chi connectivity index (χ3v) is 3.95. The summed E-state index contributed by atoms with van der Waals surface area (Å²) in [6.07, 6.45) is 1.37. The molecule has 0 bridgehead atoms. The second kappa shape index (κ2) is 3.27. The number of nitrogens with two attached hydrogens (primary N) is 1. The number of hydrogen-bond donors (Lipinski definition) is 1. The largest absolute Gasteiger partial charge is 0.324 e. The lowest BCUT2D eigenvalue weighted by Gasteiger charge is -2.39. The van der Waals surface area contributed by atoms with Gasteiger partial charge in [-0.25, -0.2) is 8.78 Å². The van der Waals surface area contributed by atoms with E-state index in [9.17, 15) is 8.78 Å². The van der Waals surface area contributed by atoms with Crippen molar-refractivity contribution in [2.24, 2.45) is 11.1 Å². The minimum Gasteiger partial charge on any atom is -0.324 e. The molecule has 0 aromatic heterocycles. The molecule has 1 nitrogen and oxygen atoms in total. The van der Waals surface area contributed by atoms with Gasteiger partial charge in [0.25, 0.3) is 5.92 Å². The molecule has 0 radical (unpaired) electrons. The predicted molar refractivity (Wildman–Crippen MR) is 60.3 cm³/mol. The Hall–Kier alpha value is -0.960. The van der Waals surface area contributed by atoms with Crippen molar-refractivity contribution < 1.29 is 8.78 Å². The maximum absolute atomic E-state index is 14.4. The van der Waals surface area contributed by atoms with Crippen LogP contribution in [0.2, 0.25) is 0 Å². The lowest BCUT2D eigenvalue weighted by molar-refractivity contribution is -0.130. The van der Waals surface area contributed by atoms with E-state index in [1.165, 1.54) is 12.1 Å². The fraction of sp³-hybridized carbons (Fsp3) is 0.538. The van der Waals surface area contributed by atoms with E-state index in [0.717, 1.165) is 0 Å². The molecule has 0 saturated heterocycles. The Morgan fingerprint density at radius 2 is 1.62 bits per heavy atom. The van der Waals surface area contributed by atoms with Gasteiger partial charge in [-0.1, -0.05) is 44.2 Å². The summed E-state index contributed by atoms with van der Waals surface area (Å²) in [6.45, 7) is 3.12. The van der Waals surface area contributed by atoms with Crippen LogP contribution in [0.25, 0.3) is 0 Å². The predicted octanol–water partition coefficient (Wildman–Crippen LogP) is 3.30. The van der Waals surface area contributed by atoms with Crippen LogP contribution < -0.4 is 5.73 Å². The number of rotatable bonds is 3. The number of hydrogen-bond acceptors (Lipinski definition) is 1. The lowest BCUT2D eigenvalue weighted by atomic mass is 9.73. The summed E-state index contributed by atoms with van der Waals surface area (Å²) in [4.78, 5) is 0. The van der Waals surface area contributed by atoms with E-state index in [1.807, 2.05) is 0 Å². The lowest BCUT2D eigenvalue weighted by Crippen LogP contribution is -2.50. The second-order valence-electron chi connectivity index (χ2n) is 5.22. The van der Waals surface area contributed by atoms with Gasteiger partial charge in [0.15, 0.2) is 0 Å². The van der Waals surface area contributed by atoms with E-state index in [2.05, 4.69) is 0 Å². The number of benzene rings is 1. The molecule has 1 aliphatic rings. The smallest absolute Gasteiger partial charge is 0.279 e. The van der Waals surface area contributed by atoms with Crippen molar-refractivity contribution in [2.45, 2.75) is 38.2 Å². The van der Waals surface area contributed by atoms with Crippen LogP contribution in [-0.4, -0.2) is 5.54 Å². The maximum Gasteiger partial charge on any atom is 0.279 e. The van der Waals surface area contributed by atoms with Crippen molar-refractivity contribution in [2.75, 3.05) is 0 Å². The van der Waals surface area contributed by atoms with Gasteiger partial charge in [0.05, 0.1) is 5.41 Å². The van der Waals surface area contributed by atoms with Gasteiger partial charge in [-0.15, -0.1) is 0 Å². The van der Waals surface area contributed by atoms with Gasteiger partial charge in [-0.3, -0.25) is 0 Å². The molecule has 0 spiro atoms. The molecule has 0 unspecified atom stereocenters. The first kappa shape index (κ1) is 11.5. The summed E-state index contributed by atoms with van der Waals surface area (Å²) in [7, 11) is 0. The first-order valence-electron chi connectivity index (χ1n) is 5.53. The van der Waals surface area contributed by atoms with E-state index in [-0.39, 0.29) is 5.56 Å². The van der Waals surface area contributed by atoms with Gasteiger partial charge in [-0.05, 0) is 12.8 Å². The van der Waals surface area contributed by atoms with Gasteiger partial charge in [0.2, 0.25) is 0 Å². The van der Waals surface area contributed by atoms with E-state index >= 15 is 0 Å². The van der Waals surface area contributed by atoms with Crippen LogP contribution in [0.5, 0.6) is 0 Å². The maximum atomic E-state index is 14.4. The van der Waals surface area contributed by atoms with Crippen LogP contribution in [0.3, 0.4) is 0 Å². The van der Waals surface area contributed by atoms with Crippen LogP contribution in [0.1, 0.15) is 32.3 Å². The van der Waals surface area contributed by atoms with Gasteiger partial charge < -0.3 is 5.73 Å². The molecule has 0 aliphatic heterocycles. The van der Waals surface area contributed by atoms with Crippen LogP contribution in [0.15, 0.2) is 30.3 Å². The van der Waals surface area contributed by atoms with Crippen molar-refractivity contribution in [3.63, 3.8) is 0 Å². The zero-order valence-corrected chi connectivity index (χ0v) is 9.63. The highest BCUT2D eigenvalue weighted by Gasteiger charge is 2.63. The molecule has 1 aromatic carbocycles. The Kier molecular flexibility index (Phi) is 2.35. The molecule has 1 fully saturated rings. The van der Waals surface area contributed by atoms with Crippen LogP contribution >= 0.6 is 0 Å². The Balaban J connectivity index is 2.39. The van der Waals surface area contributed by atoms with Crippen LogP contribution in [-0.2, 0) is 5.92 Å². The molecule has 0 heterocycles. The van der Waals surface area contributed by atoms with Crippen molar-refractivity contribution >= 4 is 0 Å². The van der Waals surface area contributed by atoms with Crippen molar-refractivity contribution in [1.82, 2.24) is 0 Å². The van der Waals surface area contributed by atoms with Crippen molar-refractivity contribution in [1.29, 1.82) is 0 Å². The van der Waals surface area contributed by atoms with Crippen LogP contribution in [0.4, 0.5) is 8.78 Å². The second-order valence-corrected chi connectivity index (χ2v) is 5.22. The molecule has 88 valence electrons. The quantitative estimate of drug-likeness (QED) is 0.839. The minimum absolute atomic E-state index is 0.0525. The summed E-state index contributed by atoms with van der Waals surface area (Å²) in [5.41, 5.74) is 4.10. The van der Waals surface area contributed by atoms with Crippen LogP contribution in [0, 0.1) is 5.41 Å². The number of alkyl halides is 2. The monoisotopic (exact) mass is 225 g/mol. The normalized spacial score (nSPS) is 19.6. The van der Waals surface area contributed by atoms with Gasteiger partial charge >= 0.3 is 0 Å². The fourth-order valence-electron chi connectivity index (χ4n) is 2.08. The van der Waals surface area contributed by atoms with E-state index in [1.54, 1.807) is 32.0 Å². The molecular formula is C13H17F2N. The summed E-state index contributed by atoms with van der Waals surface area (Å²) in [5, 5.41) is 0. The summed E-state index contributed by atoms with van der Waals surface area (Å²) in [5.74, 6) is -2.89. The highest BCUT2D eigenvalue weighted by Crippen LogP contribution is 2.58. The SMILES string of the molecule is CC(C)(C1(N)CC1)C(F)(F)c1ccccc1. The molecule has 3 heteroatoms. The highest BCUT2D eigenvalue weighted by atomic mass is 19.3. The average molecular weight is 225 g/mol. The third-order valence-electron chi connectivity index (χ3n) is 3.95. The third kappa shape index (κ3) is 1.46. The van der Waals surface area contributed by atoms with Gasteiger partial charge in [0, 0.05) is 11.1 Å². The zero-order chi connectivity index (χ0) is 12.0. The summed E-state index contributed by atoms with van der Waals surface area (Å²) >= 11 is 0. The molecular weight excluding hydrogens is 208 g/mol. The van der Waals surface area contributed by atoms with E-state index in [4.69, 9.17) is 5.73 Å². The molecule has 2 rings (SSSR count). The molecule has 0 amide bonds. The first-order chi connectivity index (χ1) is 7.31.